The molecule has 0 saturated heterocycles. The van der Waals surface area contributed by atoms with Gasteiger partial charge in [0.15, 0.2) is 0 Å². The summed E-state index contributed by atoms with van der Waals surface area (Å²) in [5.74, 6) is -0.0112. The summed E-state index contributed by atoms with van der Waals surface area (Å²) in [6.45, 7) is 0. The number of nitrogens with one attached hydrogen (secondary N) is 1. The van der Waals surface area contributed by atoms with Crippen LogP contribution in [0.3, 0.4) is 0 Å². The number of thioether (sulfide) groups is 1. The van der Waals surface area contributed by atoms with Crippen LogP contribution in [0.4, 0.5) is 5.00 Å². The van der Waals surface area contributed by atoms with Crippen LogP contribution in [0, 0.1) is 0 Å². The first-order valence-electron chi connectivity index (χ1n) is 10.7. The lowest BCUT2D eigenvalue weighted by Gasteiger charge is -2.11. The van der Waals surface area contributed by atoms with Crippen LogP contribution in [0.15, 0.2) is 35.5 Å². The number of benzene rings is 1. The number of thiophene rings is 1. The second-order valence-electron chi connectivity index (χ2n) is 7.47. The fourth-order valence-electron chi connectivity index (χ4n) is 3.75. The van der Waals surface area contributed by atoms with Gasteiger partial charge >= 0.3 is 5.97 Å². The maximum atomic E-state index is 12.7. The van der Waals surface area contributed by atoms with Crippen LogP contribution < -0.4 is 5.32 Å². The van der Waals surface area contributed by atoms with Crippen molar-refractivity contribution >= 4 is 40.0 Å². The van der Waals surface area contributed by atoms with Gasteiger partial charge < -0.3 is 10.1 Å². The molecule has 10 heteroatoms. The first kappa shape index (κ1) is 22.5. The Morgan fingerprint density at radius 1 is 1.16 bits per heavy atom. The lowest BCUT2D eigenvalue weighted by atomic mass is 9.96. The molecular weight excluding hydrogens is 446 g/mol. The molecule has 8 nitrogen and oxygen atoms in total. The Labute approximate surface area is 194 Å². The third kappa shape index (κ3) is 5.18. The van der Waals surface area contributed by atoms with Gasteiger partial charge in [-0.2, -0.15) is 4.68 Å². The van der Waals surface area contributed by atoms with E-state index >= 15 is 0 Å². The summed E-state index contributed by atoms with van der Waals surface area (Å²) in [6.07, 6.45) is 6.59. The molecule has 0 spiro atoms. The normalized spacial score (nSPS) is 13.7. The van der Waals surface area contributed by atoms with Gasteiger partial charge in [-0.25, -0.2) is 4.79 Å². The molecule has 0 bridgehead atoms. The average Bonchev–Trinajstić information content (AvgIpc) is 3.38. The minimum atomic E-state index is -0.380. The molecule has 1 aromatic carbocycles. The Kier molecular flexibility index (Phi) is 7.54. The van der Waals surface area contributed by atoms with E-state index in [0.29, 0.717) is 21.5 Å². The highest BCUT2D eigenvalue weighted by Crippen LogP contribution is 2.37. The number of carbonyl (C=O) groups is 2. The van der Waals surface area contributed by atoms with Crippen LogP contribution >= 0.6 is 23.1 Å². The maximum Gasteiger partial charge on any atom is 0.341 e. The highest BCUT2D eigenvalue weighted by molar-refractivity contribution is 7.99. The minimum absolute atomic E-state index is 0.143. The Balaban J connectivity index is 1.41. The number of para-hydroxylation sites is 1. The number of hydrogen-bond donors (Lipinski definition) is 1. The number of aromatic nitrogens is 4. The summed E-state index contributed by atoms with van der Waals surface area (Å²) in [4.78, 5) is 26.4. The minimum Gasteiger partial charge on any atom is -0.465 e. The van der Waals surface area contributed by atoms with Crippen molar-refractivity contribution in [3.63, 3.8) is 0 Å². The molecule has 0 radical (unpaired) electrons. The van der Waals surface area contributed by atoms with Gasteiger partial charge in [-0.05, 0) is 53.8 Å². The third-order valence-electron chi connectivity index (χ3n) is 5.32. The van der Waals surface area contributed by atoms with E-state index in [4.69, 9.17) is 4.74 Å². The first-order valence-corrected chi connectivity index (χ1v) is 12.5. The number of ether oxygens (including phenoxy) is 1. The highest BCUT2D eigenvalue weighted by Gasteiger charge is 2.25. The SMILES string of the molecule is COC(=O)c1c(NC(=O)CCSc2nnnn2-c2ccccc2)sc2c1CCCCCC2. The van der Waals surface area contributed by atoms with E-state index in [1.165, 1.54) is 41.5 Å². The monoisotopic (exact) mass is 471 g/mol. The Hall–Kier alpha value is -2.72. The van der Waals surface area contributed by atoms with E-state index in [1.807, 2.05) is 30.3 Å². The molecule has 1 amide bonds. The molecular formula is C22H25N5O3S2. The van der Waals surface area contributed by atoms with Gasteiger partial charge in [0.05, 0.1) is 18.4 Å². The number of anilines is 1. The van der Waals surface area contributed by atoms with E-state index in [9.17, 15) is 9.59 Å². The zero-order valence-electron chi connectivity index (χ0n) is 17.9. The molecule has 4 rings (SSSR count). The number of methoxy groups -OCH3 is 1. The third-order valence-corrected chi connectivity index (χ3v) is 7.44. The summed E-state index contributed by atoms with van der Waals surface area (Å²) in [6, 6.07) is 9.61. The van der Waals surface area contributed by atoms with Crippen molar-refractivity contribution in [3.05, 3.63) is 46.3 Å². The van der Waals surface area contributed by atoms with Gasteiger partial charge in [-0.15, -0.1) is 16.4 Å². The van der Waals surface area contributed by atoms with Crippen molar-refractivity contribution in [2.45, 2.75) is 50.1 Å². The van der Waals surface area contributed by atoms with Gasteiger partial charge in [0.1, 0.15) is 5.00 Å². The van der Waals surface area contributed by atoms with Crippen LogP contribution in [-0.4, -0.2) is 44.9 Å². The molecule has 0 fully saturated rings. The van der Waals surface area contributed by atoms with Crippen LogP contribution in [0.25, 0.3) is 5.69 Å². The van der Waals surface area contributed by atoms with Crippen molar-refractivity contribution in [2.75, 3.05) is 18.2 Å². The summed E-state index contributed by atoms with van der Waals surface area (Å²) in [7, 11) is 1.38. The molecule has 2 aromatic heterocycles. The summed E-state index contributed by atoms with van der Waals surface area (Å²) >= 11 is 2.92. The van der Waals surface area contributed by atoms with Gasteiger partial charge in [0, 0.05) is 17.1 Å². The number of nitrogens with zero attached hydrogens (tertiary/aromatic N) is 4. The molecule has 3 aromatic rings. The van der Waals surface area contributed by atoms with E-state index < -0.39 is 0 Å². The molecule has 1 aliphatic carbocycles. The second-order valence-corrected chi connectivity index (χ2v) is 9.64. The van der Waals surface area contributed by atoms with E-state index in [2.05, 4.69) is 20.8 Å². The smallest absolute Gasteiger partial charge is 0.341 e. The first-order chi connectivity index (χ1) is 15.7. The number of rotatable bonds is 7. The summed E-state index contributed by atoms with van der Waals surface area (Å²) in [5.41, 5.74) is 2.44. The quantitative estimate of drug-likeness (QED) is 0.405. The number of amides is 1. The van der Waals surface area contributed by atoms with Crippen molar-refractivity contribution in [3.8, 4) is 5.69 Å². The predicted molar refractivity (Wildman–Crippen MR) is 125 cm³/mol. The molecule has 168 valence electrons. The standard InChI is InChI=1S/C22H25N5O3S2/c1-30-21(29)19-16-11-7-2-3-8-12-17(16)32-20(19)23-18(28)13-14-31-22-24-25-26-27(22)15-9-5-4-6-10-15/h4-6,9-10H,2-3,7-8,11-14H2,1H3,(H,23,28). The van der Waals surface area contributed by atoms with Gasteiger partial charge in [-0.1, -0.05) is 42.8 Å². The van der Waals surface area contributed by atoms with Crippen LogP contribution in [0.2, 0.25) is 0 Å². The largest absolute Gasteiger partial charge is 0.465 e. The van der Waals surface area contributed by atoms with Crippen molar-refractivity contribution < 1.29 is 14.3 Å². The second kappa shape index (κ2) is 10.7. The molecule has 2 heterocycles. The maximum absolute atomic E-state index is 12.7. The molecule has 1 N–H and O–H groups in total. The Bertz CT molecular complexity index is 1080. The number of esters is 1. The fourth-order valence-corrected chi connectivity index (χ4v) is 5.87. The van der Waals surface area contributed by atoms with Crippen molar-refractivity contribution in [1.29, 1.82) is 0 Å². The number of carbonyl (C=O) groups excluding carboxylic acids is 2. The number of aryl methyl sites for hydroxylation is 1. The van der Waals surface area contributed by atoms with Crippen LogP contribution in [0.1, 0.15) is 52.9 Å². The molecule has 32 heavy (non-hydrogen) atoms. The van der Waals surface area contributed by atoms with E-state index in [-0.39, 0.29) is 18.3 Å². The number of fused-ring (bicyclic) bond motifs is 1. The molecule has 1 aliphatic rings. The fraction of sp³-hybridized carbons (Fsp3) is 0.409. The predicted octanol–water partition coefficient (Wildman–Crippen LogP) is 4.29. The topological polar surface area (TPSA) is 99.0 Å². The van der Waals surface area contributed by atoms with Crippen molar-refractivity contribution in [1.82, 2.24) is 20.2 Å². The highest BCUT2D eigenvalue weighted by atomic mass is 32.2. The summed E-state index contributed by atoms with van der Waals surface area (Å²) < 4.78 is 6.68. The zero-order chi connectivity index (χ0) is 22.3. The van der Waals surface area contributed by atoms with E-state index in [0.717, 1.165) is 43.4 Å². The molecule has 0 saturated carbocycles. The lowest BCUT2D eigenvalue weighted by molar-refractivity contribution is -0.115. The Morgan fingerprint density at radius 2 is 1.94 bits per heavy atom. The number of hydrogen-bond acceptors (Lipinski definition) is 8. The zero-order valence-corrected chi connectivity index (χ0v) is 19.5. The van der Waals surface area contributed by atoms with E-state index in [1.54, 1.807) is 4.68 Å². The molecule has 0 aliphatic heterocycles. The van der Waals surface area contributed by atoms with Gasteiger partial charge in [-0.3, -0.25) is 4.79 Å². The van der Waals surface area contributed by atoms with Crippen LogP contribution in [0.5, 0.6) is 0 Å². The Morgan fingerprint density at radius 3 is 2.72 bits per heavy atom. The average molecular weight is 472 g/mol. The molecule has 0 unspecified atom stereocenters. The van der Waals surface area contributed by atoms with Crippen molar-refractivity contribution in [2.24, 2.45) is 0 Å². The van der Waals surface area contributed by atoms with Crippen LogP contribution in [-0.2, 0) is 22.4 Å². The lowest BCUT2D eigenvalue weighted by Crippen LogP contribution is -2.15. The number of tetrazole rings is 1. The van der Waals surface area contributed by atoms with Gasteiger partial charge in [0.2, 0.25) is 11.1 Å². The summed E-state index contributed by atoms with van der Waals surface area (Å²) in [5, 5.41) is 16.0. The molecule has 0 atom stereocenters. The van der Waals surface area contributed by atoms with Gasteiger partial charge in [0.25, 0.3) is 0 Å².